The predicted molar refractivity (Wildman–Crippen MR) is 34.1 cm³/mol. The van der Waals surface area contributed by atoms with Crippen molar-refractivity contribution in [3.63, 3.8) is 0 Å². The van der Waals surface area contributed by atoms with Gasteiger partial charge >= 0.3 is 0 Å². The first-order valence-electron chi connectivity index (χ1n) is 2.94. The third-order valence-electron chi connectivity index (χ3n) is 1.41. The van der Waals surface area contributed by atoms with E-state index in [0.29, 0.717) is 0 Å². The molecule has 0 aromatic heterocycles. The average molecular weight is 148 g/mol. The Balaban J connectivity index is 2.22. The quantitative estimate of drug-likeness (QED) is 0.154. The van der Waals surface area contributed by atoms with Gasteiger partial charge in [0.2, 0.25) is 0 Å². The van der Waals surface area contributed by atoms with Crippen LogP contribution in [0, 0.1) is 0 Å². The van der Waals surface area contributed by atoms with Crippen LogP contribution >= 0.6 is 0 Å². The van der Waals surface area contributed by atoms with Crippen molar-refractivity contribution in [2.75, 3.05) is 7.11 Å². The Morgan fingerprint density at radius 1 is 1.60 bits per heavy atom. The van der Waals surface area contributed by atoms with E-state index in [4.69, 9.17) is 21.2 Å². The molecule has 0 spiro atoms. The van der Waals surface area contributed by atoms with E-state index in [2.05, 4.69) is 10.9 Å². The van der Waals surface area contributed by atoms with Gasteiger partial charge in [-0.1, -0.05) is 0 Å². The number of nitrogens with one attached hydrogen (secondary N) is 2. The lowest BCUT2D eigenvalue weighted by atomic mass is 10.4. The molecule has 0 aliphatic carbocycles. The summed E-state index contributed by atoms with van der Waals surface area (Å²) in [5.41, 5.74) is 4.88. The summed E-state index contributed by atoms with van der Waals surface area (Å²) in [6, 6.07) is 0. The molecule has 6 heteroatoms. The molecule has 1 fully saturated rings. The number of hydrogen-bond acceptors (Lipinski definition) is 6. The minimum atomic E-state index is -0.291. The van der Waals surface area contributed by atoms with Crippen molar-refractivity contribution in [3.05, 3.63) is 0 Å². The van der Waals surface area contributed by atoms with Crippen molar-refractivity contribution in [2.24, 2.45) is 11.7 Å². The van der Waals surface area contributed by atoms with E-state index in [0.717, 1.165) is 0 Å². The molecule has 1 saturated heterocycles. The third-order valence-corrected chi connectivity index (χ3v) is 1.41. The topological polar surface area (TPSA) is 97.9 Å². The number of epoxide rings is 1. The van der Waals surface area contributed by atoms with Crippen LogP contribution in [0.25, 0.3) is 0 Å². The number of hydrazine groups is 2. The molecule has 0 saturated carbocycles. The molecule has 0 radical (unpaired) electrons. The number of methoxy groups -OCH3 is 1. The van der Waals surface area contributed by atoms with Gasteiger partial charge in [-0.2, -0.15) is 0 Å². The van der Waals surface area contributed by atoms with Crippen molar-refractivity contribution >= 4 is 0 Å². The fourth-order valence-electron chi connectivity index (χ4n) is 0.785. The summed E-state index contributed by atoms with van der Waals surface area (Å²) < 4.78 is 9.91. The number of ether oxygens (including phenoxy) is 2. The Morgan fingerprint density at radius 2 is 2.30 bits per heavy atom. The summed E-state index contributed by atoms with van der Waals surface area (Å²) in [6.45, 7) is 0. The maximum absolute atomic E-state index is 5.12. The Bertz CT molecular complexity index is 107. The largest absolute Gasteiger partial charge is 0.362 e. The first-order valence-corrected chi connectivity index (χ1v) is 2.94. The molecule has 0 bridgehead atoms. The summed E-state index contributed by atoms with van der Waals surface area (Å²) in [7, 11) is 1.54. The SMILES string of the molecule is COC(NN)C1OC1NN. The second-order valence-corrected chi connectivity index (χ2v) is 2.01. The fourth-order valence-corrected chi connectivity index (χ4v) is 0.785. The van der Waals surface area contributed by atoms with E-state index in [-0.39, 0.29) is 18.6 Å². The second kappa shape index (κ2) is 3.24. The van der Waals surface area contributed by atoms with E-state index in [1.165, 1.54) is 0 Å². The van der Waals surface area contributed by atoms with Crippen LogP contribution < -0.4 is 22.5 Å². The summed E-state index contributed by atoms with van der Waals surface area (Å²) in [5.74, 6) is 10.2. The monoisotopic (exact) mass is 148 g/mol. The fraction of sp³-hybridized carbons (Fsp3) is 1.00. The molecule has 1 rings (SSSR count). The van der Waals surface area contributed by atoms with Gasteiger partial charge in [0, 0.05) is 7.11 Å². The predicted octanol–water partition coefficient (Wildman–Crippen LogP) is -2.39. The highest BCUT2D eigenvalue weighted by Crippen LogP contribution is 2.21. The molecule has 6 N–H and O–H groups in total. The molecule has 60 valence electrons. The van der Waals surface area contributed by atoms with Crippen LogP contribution in [0.4, 0.5) is 0 Å². The number of rotatable bonds is 4. The van der Waals surface area contributed by atoms with E-state index in [9.17, 15) is 0 Å². The van der Waals surface area contributed by atoms with Crippen LogP contribution in [-0.4, -0.2) is 25.7 Å². The second-order valence-electron chi connectivity index (χ2n) is 2.01. The van der Waals surface area contributed by atoms with Gasteiger partial charge in [-0.25, -0.2) is 10.9 Å². The van der Waals surface area contributed by atoms with Crippen LogP contribution in [0.15, 0.2) is 0 Å². The summed E-state index contributed by atoms with van der Waals surface area (Å²) in [5, 5.41) is 0. The molecule has 3 unspecified atom stereocenters. The van der Waals surface area contributed by atoms with Crippen molar-refractivity contribution in [3.8, 4) is 0 Å². The lowest BCUT2D eigenvalue weighted by molar-refractivity contribution is 0.0497. The van der Waals surface area contributed by atoms with Gasteiger partial charge in [0.15, 0.2) is 6.23 Å². The molecular weight excluding hydrogens is 136 g/mol. The van der Waals surface area contributed by atoms with Gasteiger partial charge in [0.25, 0.3) is 0 Å². The van der Waals surface area contributed by atoms with Gasteiger partial charge < -0.3 is 9.47 Å². The molecule has 1 heterocycles. The molecule has 0 amide bonds. The minimum Gasteiger partial charge on any atom is -0.362 e. The zero-order valence-corrected chi connectivity index (χ0v) is 5.70. The van der Waals surface area contributed by atoms with Gasteiger partial charge in [-0.3, -0.25) is 11.7 Å². The van der Waals surface area contributed by atoms with Crippen molar-refractivity contribution < 1.29 is 9.47 Å². The average Bonchev–Trinajstić information content (AvgIpc) is 2.70. The van der Waals surface area contributed by atoms with Crippen LogP contribution in [0.5, 0.6) is 0 Å². The maximum atomic E-state index is 5.12. The zero-order valence-electron chi connectivity index (χ0n) is 5.70. The lowest BCUT2D eigenvalue weighted by Crippen LogP contribution is -2.43. The normalized spacial score (nSPS) is 33.9. The zero-order chi connectivity index (χ0) is 7.56. The first kappa shape index (κ1) is 7.86. The first-order chi connectivity index (χ1) is 4.83. The summed E-state index contributed by atoms with van der Waals surface area (Å²) >= 11 is 0. The molecule has 3 atom stereocenters. The Hall–Kier alpha value is -0.240. The molecule has 6 nitrogen and oxygen atoms in total. The van der Waals surface area contributed by atoms with Crippen LogP contribution in [-0.2, 0) is 9.47 Å². The minimum absolute atomic E-state index is 0.0833. The van der Waals surface area contributed by atoms with Crippen molar-refractivity contribution in [1.29, 1.82) is 0 Å². The van der Waals surface area contributed by atoms with Crippen LogP contribution in [0.3, 0.4) is 0 Å². The van der Waals surface area contributed by atoms with Crippen LogP contribution in [0.2, 0.25) is 0 Å². The van der Waals surface area contributed by atoms with Crippen molar-refractivity contribution in [1.82, 2.24) is 10.9 Å². The highest BCUT2D eigenvalue weighted by atomic mass is 16.6. The van der Waals surface area contributed by atoms with Gasteiger partial charge in [-0.15, -0.1) is 0 Å². The van der Waals surface area contributed by atoms with E-state index < -0.39 is 0 Å². The molecule has 0 aromatic rings. The smallest absolute Gasteiger partial charge is 0.151 e. The Labute approximate surface area is 58.8 Å². The Morgan fingerprint density at radius 3 is 2.60 bits per heavy atom. The highest BCUT2D eigenvalue weighted by Gasteiger charge is 2.44. The van der Waals surface area contributed by atoms with Gasteiger partial charge in [0.1, 0.15) is 12.3 Å². The van der Waals surface area contributed by atoms with E-state index in [1.54, 1.807) is 7.11 Å². The summed E-state index contributed by atoms with van der Waals surface area (Å²) in [4.78, 5) is 0. The van der Waals surface area contributed by atoms with E-state index in [1.807, 2.05) is 0 Å². The Kier molecular flexibility index (Phi) is 2.55. The number of hydrogen-bond donors (Lipinski definition) is 4. The van der Waals surface area contributed by atoms with Gasteiger partial charge in [0.05, 0.1) is 0 Å². The highest BCUT2D eigenvalue weighted by molar-refractivity contribution is 4.85. The summed E-state index contributed by atoms with van der Waals surface area (Å²) in [6.07, 6.45) is -0.512. The number of nitrogens with two attached hydrogens (primary N) is 2. The third kappa shape index (κ3) is 1.43. The van der Waals surface area contributed by atoms with E-state index >= 15 is 0 Å². The van der Waals surface area contributed by atoms with Gasteiger partial charge in [-0.05, 0) is 0 Å². The maximum Gasteiger partial charge on any atom is 0.151 e. The molecule has 0 aromatic carbocycles. The molecule has 10 heavy (non-hydrogen) atoms. The van der Waals surface area contributed by atoms with Crippen molar-refractivity contribution in [2.45, 2.75) is 18.6 Å². The van der Waals surface area contributed by atoms with Crippen LogP contribution in [0.1, 0.15) is 0 Å². The standard InChI is InChI=1S/C4H12N4O2/c1-9-3(7-5)2-4(8-6)10-2/h2-4,7-8H,5-6H2,1H3. The molecule has 1 aliphatic rings. The lowest BCUT2D eigenvalue weighted by Gasteiger charge is -2.09. The molecule has 1 aliphatic heterocycles. The molecular formula is C4H12N4O2.